The Hall–Kier alpha value is -1.82. The number of piperidine rings is 1. The summed E-state index contributed by atoms with van der Waals surface area (Å²) in [7, 11) is 3.81. The fourth-order valence-electron chi connectivity index (χ4n) is 3.30. The van der Waals surface area contributed by atoms with Crippen LogP contribution in [0.1, 0.15) is 26.2 Å². The van der Waals surface area contributed by atoms with Gasteiger partial charge in [-0.1, -0.05) is 6.92 Å². The first-order chi connectivity index (χ1) is 12.6. The molecule has 1 aliphatic heterocycles. The largest absolute Gasteiger partial charge is 0.492 e. The predicted molar refractivity (Wildman–Crippen MR) is 105 cm³/mol. The summed E-state index contributed by atoms with van der Waals surface area (Å²) in [5.41, 5.74) is 0. The maximum Gasteiger partial charge on any atom is 0.193 e. The normalized spacial score (nSPS) is 16.5. The number of ether oxygens (including phenoxy) is 1. The Kier molecular flexibility index (Phi) is 8.68. The van der Waals surface area contributed by atoms with Gasteiger partial charge in [0.25, 0.3) is 0 Å². The van der Waals surface area contributed by atoms with E-state index in [9.17, 15) is 4.39 Å². The molecule has 1 fully saturated rings. The maximum atomic E-state index is 12.9. The molecule has 0 aromatic heterocycles. The molecule has 146 valence electrons. The van der Waals surface area contributed by atoms with Crippen LogP contribution >= 0.6 is 0 Å². The lowest BCUT2D eigenvalue weighted by Gasteiger charge is -2.31. The summed E-state index contributed by atoms with van der Waals surface area (Å²) in [4.78, 5) is 8.94. The zero-order valence-electron chi connectivity index (χ0n) is 16.4. The number of likely N-dealkylation sites (tertiary alicyclic amines) is 1. The van der Waals surface area contributed by atoms with Crippen molar-refractivity contribution < 1.29 is 9.13 Å². The Morgan fingerprint density at radius 2 is 2.00 bits per heavy atom. The molecule has 1 heterocycles. The average Bonchev–Trinajstić information content (AvgIpc) is 2.67. The molecule has 1 aromatic carbocycles. The molecule has 0 unspecified atom stereocenters. The van der Waals surface area contributed by atoms with E-state index >= 15 is 0 Å². The number of aliphatic imine (C=N–C) groups is 1. The number of halogens is 1. The summed E-state index contributed by atoms with van der Waals surface area (Å²) >= 11 is 0. The molecule has 0 amide bonds. The maximum absolute atomic E-state index is 12.9. The second kappa shape index (κ2) is 11.0. The lowest BCUT2D eigenvalue weighted by Crippen LogP contribution is -2.42. The molecule has 6 heteroatoms. The van der Waals surface area contributed by atoms with Crippen molar-refractivity contribution in [3.05, 3.63) is 30.1 Å². The topological polar surface area (TPSA) is 40.1 Å². The van der Waals surface area contributed by atoms with Crippen molar-refractivity contribution in [2.24, 2.45) is 10.9 Å². The molecule has 0 saturated carbocycles. The Bertz CT molecular complexity index is 541. The Labute approximate surface area is 157 Å². The van der Waals surface area contributed by atoms with Crippen molar-refractivity contribution in [3.8, 4) is 5.75 Å². The Morgan fingerprint density at radius 1 is 1.31 bits per heavy atom. The Morgan fingerprint density at radius 3 is 2.62 bits per heavy atom. The van der Waals surface area contributed by atoms with E-state index in [4.69, 9.17) is 4.74 Å². The number of guanidine groups is 1. The van der Waals surface area contributed by atoms with E-state index in [1.165, 1.54) is 51.0 Å². The van der Waals surface area contributed by atoms with E-state index in [1.54, 1.807) is 19.2 Å². The predicted octanol–water partition coefficient (Wildman–Crippen LogP) is 2.83. The number of rotatable bonds is 8. The molecular weight excluding hydrogens is 331 g/mol. The summed E-state index contributed by atoms with van der Waals surface area (Å²) in [6.07, 6.45) is 3.79. The molecule has 1 aliphatic rings. The van der Waals surface area contributed by atoms with Gasteiger partial charge in [-0.2, -0.15) is 0 Å². The minimum atomic E-state index is -0.251. The van der Waals surface area contributed by atoms with Crippen molar-refractivity contribution in [2.75, 3.05) is 53.4 Å². The van der Waals surface area contributed by atoms with Crippen LogP contribution in [0.5, 0.6) is 5.75 Å². The number of hydrogen-bond acceptors (Lipinski definition) is 3. The van der Waals surface area contributed by atoms with Gasteiger partial charge < -0.3 is 19.9 Å². The lowest BCUT2D eigenvalue weighted by molar-refractivity contribution is 0.187. The highest BCUT2D eigenvalue weighted by molar-refractivity contribution is 5.79. The number of likely N-dealkylation sites (N-methyl/N-ethyl adjacent to an activating group) is 1. The molecule has 0 bridgehead atoms. The van der Waals surface area contributed by atoms with Gasteiger partial charge in [-0.15, -0.1) is 0 Å². The molecule has 1 N–H and O–H groups in total. The van der Waals surface area contributed by atoms with Crippen LogP contribution in [-0.2, 0) is 0 Å². The fourth-order valence-corrected chi connectivity index (χ4v) is 3.30. The van der Waals surface area contributed by atoms with Crippen LogP contribution in [0, 0.1) is 11.7 Å². The third-order valence-corrected chi connectivity index (χ3v) is 5.07. The molecule has 1 saturated heterocycles. The second-order valence-corrected chi connectivity index (χ2v) is 6.86. The van der Waals surface area contributed by atoms with Gasteiger partial charge in [-0.25, -0.2) is 4.39 Å². The molecular formula is C20H33FN4O. The molecule has 5 nitrogen and oxygen atoms in total. The van der Waals surface area contributed by atoms with Crippen LogP contribution < -0.4 is 10.1 Å². The first kappa shape index (κ1) is 20.5. The van der Waals surface area contributed by atoms with Crippen LogP contribution in [-0.4, -0.2) is 69.2 Å². The summed E-state index contributed by atoms with van der Waals surface area (Å²) in [6, 6.07) is 6.10. The van der Waals surface area contributed by atoms with Gasteiger partial charge in [0.1, 0.15) is 18.2 Å². The van der Waals surface area contributed by atoms with Gasteiger partial charge in [-0.3, -0.25) is 4.99 Å². The van der Waals surface area contributed by atoms with E-state index in [0.717, 1.165) is 18.4 Å². The third kappa shape index (κ3) is 6.83. The number of nitrogens with zero attached hydrogens (tertiary/aromatic N) is 3. The number of hydrogen-bond donors (Lipinski definition) is 1. The first-order valence-corrected chi connectivity index (χ1v) is 9.65. The molecule has 2 rings (SSSR count). The highest BCUT2D eigenvalue weighted by Gasteiger charge is 2.17. The second-order valence-electron chi connectivity index (χ2n) is 6.86. The van der Waals surface area contributed by atoms with E-state index < -0.39 is 0 Å². The minimum absolute atomic E-state index is 0.251. The molecule has 1 aromatic rings. The summed E-state index contributed by atoms with van der Waals surface area (Å²) in [6.45, 7) is 8.06. The van der Waals surface area contributed by atoms with Gasteiger partial charge in [0.2, 0.25) is 0 Å². The zero-order valence-corrected chi connectivity index (χ0v) is 16.4. The van der Waals surface area contributed by atoms with Gasteiger partial charge >= 0.3 is 0 Å². The van der Waals surface area contributed by atoms with Crippen LogP contribution in [0.2, 0.25) is 0 Å². The van der Waals surface area contributed by atoms with Gasteiger partial charge in [-0.05, 0) is 69.1 Å². The number of benzene rings is 1. The standard InChI is InChI=1S/C20H33FN4O/c1-4-25-13-10-17(11-14-25)9-12-23-20(22-2)24(3)15-16-26-19-7-5-18(21)6-8-19/h5-8,17H,4,9-16H2,1-3H3,(H,22,23). The zero-order chi connectivity index (χ0) is 18.8. The average molecular weight is 365 g/mol. The molecule has 26 heavy (non-hydrogen) atoms. The first-order valence-electron chi connectivity index (χ1n) is 9.65. The highest BCUT2D eigenvalue weighted by atomic mass is 19.1. The number of nitrogens with one attached hydrogen (secondary N) is 1. The Balaban J connectivity index is 1.63. The quantitative estimate of drug-likeness (QED) is 0.569. The van der Waals surface area contributed by atoms with Crippen molar-refractivity contribution in [1.29, 1.82) is 0 Å². The van der Waals surface area contributed by atoms with Crippen LogP contribution in [0.3, 0.4) is 0 Å². The van der Waals surface area contributed by atoms with Crippen LogP contribution in [0.15, 0.2) is 29.3 Å². The third-order valence-electron chi connectivity index (χ3n) is 5.07. The SMILES string of the molecule is CCN1CCC(CCNC(=NC)N(C)CCOc2ccc(F)cc2)CC1. The molecule has 0 aliphatic carbocycles. The van der Waals surface area contributed by atoms with E-state index in [0.29, 0.717) is 18.9 Å². The van der Waals surface area contributed by atoms with Gasteiger partial charge in [0, 0.05) is 20.6 Å². The van der Waals surface area contributed by atoms with Crippen molar-refractivity contribution in [2.45, 2.75) is 26.2 Å². The minimum Gasteiger partial charge on any atom is -0.492 e. The monoisotopic (exact) mass is 364 g/mol. The van der Waals surface area contributed by atoms with Gasteiger partial charge in [0.05, 0.1) is 6.54 Å². The van der Waals surface area contributed by atoms with Crippen molar-refractivity contribution >= 4 is 5.96 Å². The van der Waals surface area contributed by atoms with Crippen LogP contribution in [0.4, 0.5) is 4.39 Å². The molecule has 0 radical (unpaired) electrons. The van der Waals surface area contributed by atoms with E-state index in [2.05, 4.69) is 27.0 Å². The molecule has 0 atom stereocenters. The van der Waals surface area contributed by atoms with Gasteiger partial charge in [0.15, 0.2) is 5.96 Å². The summed E-state index contributed by atoms with van der Waals surface area (Å²) in [5.74, 6) is 2.13. The van der Waals surface area contributed by atoms with E-state index in [1.807, 2.05) is 7.05 Å². The van der Waals surface area contributed by atoms with Crippen LogP contribution in [0.25, 0.3) is 0 Å². The van der Waals surface area contributed by atoms with E-state index in [-0.39, 0.29) is 5.82 Å². The van der Waals surface area contributed by atoms with Crippen molar-refractivity contribution in [3.63, 3.8) is 0 Å². The smallest absolute Gasteiger partial charge is 0.193 e. The highest BCUT2D eigenvalue weighted by Crippen LogP contribution is 2.19. The molecule has 0 spiro atoms. The fraction of sp³-hybridized carbons (Fsp3) is 0.650. The summed E-state index contributed by atoms with van der Waals surface area (Å²) in [5, 5.41) is 3.45. The summed E-state index contributed by atoms with van der Waals surface area (Å²) < 4.78 is 18.5. The lowest BCUT2D eigenvalue weighted by atomic mass is 9.93. The van der Waals surface area contributed by atoms with Crippen molar-refractivity contribution in [1.82, 2.24) is 15.1 Å².